The molecule has 2 aliphatic heterocycles. The first kappa shape index (κ1) is 16.7. The summed E-state index contributed by atoms with van der Waals surface area (Å²) in [5, 5.41) is 3.80. The topological polar surface area (TPSA) is 92.4 Å². The van der Waals surface area contributed by atoms with Crippen LogP contribution in [0.3, 0.4) is 0 Å². The summed E-state index contributed by atoms with van der Waals surface area (Å²) in [4.78, 5) is 37.1. The largest absolute Gasteiger partial charge is 0.339 e. The Bertz CT molecular complexity index is 843. The Morgan fingerprint density at radius 2 is 2.15 bits per heavy atom. The van der Waals surface area contributed by atoms with Crippen LogP contribution in [0.25, 0.3) is 0 Å². The van der Waals surface area contributed by atoms with Crippen molar-refractivity contribution in [1.29, 1.82) is 0 Å². The molecule has 2 fully saturated rings. The fourth-order valence-electron chi connectivity index (χ4n) is 3.61. The van der Waals surface area contributed by atoms with Crippen LogP contribution in [0.5, 0.6) is 0 Å². The Balaban J connectivity index is 1.39. The van der Waals surface area contributed by atoms with E-state index in [1.54, 1.807) is 18.0 Å². The lowest BCUT2D eigenvalue weighted by molar-refractivity contribution is -0.132. The maximum Gasteiger partial charge on any atom is 0.272 e. The molecule has 2 aromatic heterocycles. The fraction of sp³-hybridized carbons (Fsp3) is 0.500. The number of likely N-dealkylation sites (tertiary alicyclic amines) is 2. The molecular weight excluding hydrogens is 334 g/mol. The Kier molecular flexibility index (Phi) is 4.18. The van der Waals surface area contributed by atoms with Gasteiger partial charge in [-0.3, -0.25) is 14.6 Å². The number of amides is 2. The Hall–Kier alpha value is -2.77. The molecule has 0 aromatic carbocycles. The van der Waals surface area contributed by atoms with Gasteiger partial charge in [0, 0.05) is 32.3 Å². The second-order valence-corrected chi connectivity index (χ2v) is 6.86. The van der Waals surface area contributed by atoms with Crippen LogP contribution in [0.15, 0.2) is 22.9 Å². The molecule has 0 radical (unpaired) electrons. The van der Waals surface area contributed by atoms with Crippen LogP contribution in [0.2, 0.25) is 0 Å². The van der Waals surface area contributed by atoms with E-state index in [4.69, 9.17) is 4.52 Å². The third-order valence-electron chi connectivity index (χ3n) is 5.12. The van der Waals surface area contributed by atoms with Crippen molar-refractivity contribution < 1.29 is 14.1 Å². The van der Waals surface area contributed by atoms with Gasteiger partial charge in [-0.1, -0.05) is 18.1 Å². The highest BCUT2D eigenvalue weighted by Crippen LogP contribution is 2.31. The van der Waals surface area contributed by atoms with Crippen molar-refractivity contribution in [3.05, 3.63) is 41.3 Å². The molecule has 2 aromatic rings. The van der Waals surface area contributed by atoms with Crippen molar-refractivity contribution in [3.63, 3.8) is 0 Å². The van der Waals surface area contributed by atoms with Gasteiger partial charge in [-0.05, 0) is 25.0 Å². The first-order chi connectivity index (χ1) is 12.6. The predicted molar refractivity (Wildman–Crippen MR) is 91.4 cm³/mol. The van der Waals surface area contributed by atoms with Gasteiger partial charge in [0.05, 0.1) is 12.0 Å². The number of carbonyl (C=O) groups is 2. The van der Waals surface area contributed by atoms with E-state index in [-0.39, 0.29) is 23.8 Å². The lowest BCUT2D eigenvalue weighted by Gasteiger charge is -2.44. The van der Waals surface area contributed by atoms with Crippen molar-refractivity contribution >= 4 is 11.8 Å². The van der Waals surface area contributed by atoms with E-state index >= 15 is 0 Å². The molecule has 0 saturated carbocycles. The molecule has 2 amide bonds. The molecule has 4 rings (SSSR count). The highest BCUT2D eigenvalue weighted by Gasteiger charge is 2.43. The number of hydrogen-bond donors (Lipinski definition) is 0. The zero-order chi connectivity index (χ0) is 18.3. The van der Waals surface area contributed by atoms with Crippen LogP contribution in [-0.4, -0.2) is 62.4 Å². The number of rotatable bonds is 4. The molecule has 0 bridgehead atoms. The highest BCUT2D eigenvalue weighted by atomic mass is 16.5. The van der Waals surface area contributed by atoms with E-state index in [1.807, 2.05) is 24.0 Å². The molecule has 1 unspecified atom stereocenters. The number of pyridine rings is 1. The van der Waals surface area contributed by atoms with Gasteiger partial charge < -0.3 is 14.3 Å². The minimum absolute atomic E-state index is 0.0502. The van der Waals surface area contributed by atoms with Crippen molar-refractivity contribution in [2.24, 2.45) is 0 Å². The SMILES string of the molecule is CCc1cccnc1C(=O)N1CC(N2CC(c3nc(C)no3)CC2=O)C1. The summed E-state index contributed by atoms with van der Waals surface area (Å²) >= 11 is 0. The summed E-state index contributed by atoms with van der Waals surface area (Å²) in [6.07, 6.45) is 2.79. The summed E-state index contributed by atoms with van der Waals surface area (Å²) in [7, 11) is 0. The molecule has 136 valence electrons. The molecule has 0 aliphatic carbocycles. The summed E-state index contributed by atoms with van der Waals surface area (Å²) in [5.74, 6) is 1.06. The zero-order valence-corrected chi connectivity index (χ0v) is 14.9. The molecule has 4 heterocycles. The minimum Gasteiger partial charge on any atom is -0.339 e. The maximum absolute atomic E-state index is 12.7. The van der Waals surface area contributed by atoms with Gasteiger partial charge in [-0.2, -0.15) is 4.98 Å². The van der Waals surface area contributed by atoms with E-state index in [0.29, 0.717) is 43.5 Å². The normalized spacial score (nSPS) is 20.5. The van der Waals surface area contributed by atoms with Crippen molar-refractivity contribution in [3.8, 4) is 0 Å². The van der Waals surface area contributed by atoms with E-state index in [0.717, 1.165) is 12.0 Å². The summed E-state index contributed by atoms with van der Waals surface area (Å²) < 4.78 is 5.21. The Morgan fingerprint density at radius 3 is 2.85 bits per heavy atom. The lowest BCUT2D eigenvalue weighted by Crippen LogP contribution is -2.61. The third kappa shape index (κ3) is 2.85. The van der Waals surface area contributed by atoms with Gasteiger partial charge in [0.2, 0.25) is 11.8 Å². The first-order valence-electron chi connectivity index (χ1n) is 8.89. The van der Waals surface area contributed by atoms with Gasteiger partial charge in [0.15, 0.2) is 5.82 Å². The van der Waals surface area contributed by atoms with Crippen LogP contribution < -0.4 is 0 Å². The Morgan fingerprint density at radius 1 is 1.35 bits per heavy atom. The molecule has 26 heavy (non-hydrogen) atoms. The van der Waals surface area contributed by atoms with Crippen molar-refractivity contribution in [1.82, 2.24) is 24.9 Å². The monoisotopic (exact) mass is 355 g/mol. The molecule has 0 N–H and O–H groups in total. The molecular formula is C18H21N5O3. The first-order valence-corrected chi connectivity index (χ1v) is 8.89. The van der Waals surface area contributed by atoms with Crippen molar-refractivity contribution in [2.75, 3.05) is 19.6 Å². The summed E-state index contributed by atoms with van der Waals surface area (Å²) in [6, 6.07) is 3.82. The van der Waals surface area contributed by atoms with Crippen LogP contribution in [0.4, 0.5) is 0 Å². The van der Waals surface area contributed by atoms with Gasteiger partial charge >= 0.3 is 0 Å². The van der Waals surface area contributed by atoms with Gasteiger partial charge in [-0.15, -0.1) is 0 Å². The standard InChI is InChI=1S/C18H21N5O3/c1-3-12-5-4-6-19-16(12)18(25)22-9-14(10-22)23-8-13(7-15(23)24)17-20-11(2)21-26-17/h4-6,13-14H,3,7-10H2,1-2H3. The van der Waals surface area contributed by atoms with Crippen LogP contribution in [0, 0.1) is 6.92 Å². The molecule has 1 atom stereocenters. The number of carbonyl (C=O) groups excluding carboxylic acids is 2. The number of aryl methyl sites for hydroxylation is 2. The average Bonchev–Trinajstić information content (AvgIpc) is 3.20. The van der Waals surface area contributed by atoms with Gasteiger partial charge in [0.1, 0.15) is 5.69 Å². The predicted octanol–water partition coefficient (Wildman–Crippen LogP) is 1.18. The second kappa shape index (κ2) is 6.51. The highest BCUT2D eigenvalue weighted by molar-refractivity contribution is 5.94. The number of aromatic nitrogens is 3. The van der Waals surface area contributed by atoms with E-state index in [9.17, 15) is 9.59 Å². The Labute approximate surface area is 151 Å². The van der Waals surface area contributed by atoms with Crippen LogP contribution >= 0.6 is 0 Å². The van der Waals surface area contributed by atoms with Gasteiger partial charge in [-0.25, -0.2) is 0 Å². The van der Waals surface area contributed by atoms with Crippen LogP contribution in [0.1, 0.15) is 47.0 Å². The molecule has 8 nitrogen and oxygen atoms in total. The van der Waals surface area contributed by atoms with E-state index in [2.05, 4.69) is 15.1 Å². The fourth-order valence-corrected chi connectivity index (χ4v) is 3.61. The molecule has 2 saturated heterocycles. The maximum atomic E-state index is 12.7. The van der Waals surface area contributed by atoms with E-state index in [1.165, 1.54) is 0 Å². The second-order valence-electron chi connectivity index (χ2n) is 6.86. The molecule has 2 aliphatic rings. The average molecular weight is 355 g/mol. The van der Waals surface area contributed by atoms with Gasteiger partial charge in [0.25, 0.3) is 5.91 Å². The number of hydrogen-bond acceptors (Lipinski definition) is 6. The molecule has 8 heteroatoms. The third-order valence-corrected chi connectivity index (χ3v) is 5.12. The quantitative estimate of drug-likeness (QED) is 0.818. The smallest absolute Gasteiger partial charge is 0.272 e. The number of nitrogens with zero attached hydrogens (tertiary/aromatic N) is 5. The van der Waals surface area contributed by atoms with Crippen LogP contribution in [-0.2, 0) is 11.2 Å². The summed E-state index contributed by atoms with van der Waals surface area (Å²) in [5.41, 5.74) is 1.46. The lowest BCUT2D eigenvalue weighted by atomic mass is 10.0. The molecule has 0 spiro atoms. The summed E-state index contributed by atoms with van der Waals surface area (Å²) in [6.45, 7) is 5.42. The van der Waals surface area contributed by atoms with Crippen molar-refractivity contribution in [2.45, 2.75) is 38.6 Å². The van der Waals surface area contributed by atoms with E-state index < -0.39 is 0 Å². The zero-order valence-electron chi connectivity index (χ0n) is 14.9. The minimum atomic E-state index is -0.0607.